The van der Waals surface area contributed by atoms with Gasteiger partial charge < -0.3 is 0 Å². The minimum absolute atomic E-state index is 0.157. The van der Waals surface area contributed by atoms with E-state index in [1.807, 2.05) is 91.1 Å². The first-order valence-electron chi connectivity index (χ1n) is 13.5. The number of carbonyl (C=O) groups is 2. The minimum atomic E-state index is -0.933. The Hall–Kier alpha value is -4.54. The minimum Gasteiger partial charge on any atom is -0.274 e. The highest BCUT2D eigenvalue weighted by molar-refractivity contribution is 6.33. The van der Waals surface area contributed by atoms with Crippen LogP contribution in [-0.2, 0) is 15.0 Å². The molecule has 0 N–H and O–H groups in total. The number of para-hydroxylation sites is 1. The Bertz CT molecular complexity index is 1860. The van der Waals surface area contributed by atoms with Crippen molar-refractivity contribution in [1.82, 2.24) is 0 Å². The highest BCUT2D eigenvalue weighted by Gasteiger charge is 2.68. The van der Waals surface area contributed by atoms with Crippen LogP contribution in [0.25, 0.3) is 10.8 Å². The van der Waals surface area contributed by atoms with Gasteiger partial charge in [0.1, 0.15) is 0 Å². The van der Waals surface area contributed by atoms with Gasteiger partial charge in [-0.2, -0.15) is 0 Å². The van der Waals surface area contributed by atoms with Crippen molar-refractivity contribution < 1.29 is 9.59 Å². The van der Waals surface area contributed by atoms with E-state index in [4.69, 9.17) is 16.6 Å². The summed E-state index contributed by atoms with van der Waals surface area (Å²) in [6, 6.07) is 37.5. The van der Waals surface area contributed by atoms with Crippen LogP contribution in [0.2, 0.25) is 5.02 Å². The number of hydrogen-bond donors (Lipinski definition) is 0. The monoisotopic (exact) mass is 538 g/mol. The summed E-state index contributed by atoms with van der Waals surface area (Å²) in [4.78, 5) is 35.6. The normalized spacial score (nSPS) is 24.4. The van der Waals surface area contributed by atoms with Gasteiger partial charge >= 0.3 is 0 Å². The van der Waals surface area contributed by atoms with Crippen LogP contribution in [0.3, 0.4) is 0 Å². The fraction of sp³-hybridized carbons (Fsp3) is 0.114. The number of nitrogens with zero attached hydrogens (tertiary/aromatic N) is 2. The molecule has 5 heteroatoms. The second-order valence-corrected chi connectivity index (χ2v) is 11.2. The molecule has 2 bridgehead atoms. The maximum atomic E-state index is 14.7. The molecule has 1 heterocycles. The summed E-state index contributed by atoms with van der Waals surface area (Å²) in [5, 5.41) is 2.40. The average molecular weight is 539 g/mol. The molecule has 5 aromatic carbocycles. The van der Waals surface area contributed by atoms with Crippen molar-refractivity contribution >= 4 is 51.8 Å². The van der Waals surface area contributed by atoms with E-state index in [9.17, 15) is 9.59 Å². The molecule has 0 radical (unpaired) electrons. The molecule has 0 spiro atoms. The molecule has 4 aliphatic rings. The number of anilines is 1. The van der Waals surface area contributed by atoms with Crippen LogP contribution in [0.15, 0.2) is 120 Å². The summed E-state index contributed by atoms with van der Waals surface area (Å²) < 4.78 is 0. The first-order chi connectivity index (χ1) is 19.6. The maximum absolute atomic E-state index is 14.7. The second kappa shape index (κ2) is 8.48. The predicted molar refractivity (Wildman–Crippen MR) is 159 cm³/mol. The molecular formula is C35H23ClN2O2. The lowest BCUT2D eigenvalue weighted by atomic mass is 9.47. The van der Waals surface area contributed by atoms with Gasteiger partial charge in [-0.15, -0.1) is 0 Å². The second-order valence-electron chi connectivity index (χ2n) is 10.7. The van der Waals surface area contributed by atoms with E-state index in [2.05, 4.69) is 24.3 Å². The SMILES string of the molecule is O=C1[C@@H]2[C@@H](C(=O)N1c1cccc3ccccc13)C1c3ccccc3C2(C=Nc2ccccc2Cl)c2ccccc21. The quantitative estimate of drug-likeness (QED) is 0.177. The molecule has 5 aromatic rings. The molecule has 1 fully saturated rings. The molecule has 9 rings (SSSR count). The van der Waals surface area contributed by atoms with Crippen LogP contribution < -0.4 is 4.90 Å². The molecule has 1 saturated heterocycles. The standard InChI is InChI=1S/C35H23ClN2O2/c36-27-17-7-8-18-28(27)37-20-35-25-15-5-3-13-23(25)30(24-14-4-6-16-26(24)35)31-32(35)34(40)38(33(31)39)29-19-9-11-21-10-1-2-12-22(21)29/h1-20,30-32H/t30?,31-,32-,35?/m0/s1. The number of imide groups is 1. The molecule has 3 aliphatic carbocycles. The van der Waals surface area contributed by atoms with Gasteiger partial charge in [0.05, 0.1) is 33.6 Å². The zero-order chi connectivity index (χ0) is 27.0. The predicted octanol–water partition coefficient (Wildman–Crippen LogP) is 7.45. The summed E-state index contributed by atoms with van der Waals surface area (Å²) in [5.74, 6) is -1.75. The molecule has 0 unspecified atom stereocenters. The lowest BCUT2D eigenvalue weighted by Gasteiger charge is -2.52. The number of benzene rings is 5. The maximum Gasteiger partial charge on any atom is 0.239 e. The van der Waals surface area contributed by atoms with Crippen molar-refractivity contribution in [2.75, 3.05) is 4.90 Å². The van der Waals surface area contributed by atoms with Crippen molar-refractivity contribution in [3.05, 3.63) is 143 Å². The molecule has 4 nitrogen and oxygen atoms in total. The van der Waals surface area contributed by atoms with Crippen LogP contribution in [0.5, 0.6) is 0 Å². The van der Waals surface area contributed by atoms with Crippen LogP contribution >= 0.6 is 11.6 Å². The molecule has 2 amide bonds. The number of rotatable bonds is 3. The van der Waals surface area contributed by atoms with Gasteiger partial charge in [0.2, 0.25) is 11.8 Å². The van der Waals surface area contributed by atoms with E-state index < -0.39 is 17.3 Å². The van der Waals surface area contributed by atoms with Crippen LogP contribution in [0.4, 0.5) is 11.4 Å². The van der Waals surface area contributed by atoms with Crippen LogP contribution in [-0.4, -0.2) is 18.0 Å². The zero-order valence-electron chi connectivity index (χ0n) is 21.4. The summed E-state index contributed by atoms with van der Waals surface area (Å²) in [6.07, 6.45) is 1.89. The van der Waals surface area contributed by atoms with Gasteiger partial charge in [0, 0.05) is 17.5 Å². The molecule has 0 aromatic heterocycles. The Labute approximate surface area is 236 Å². The number of amides is 2. The van der Waals surface area contributed by atoms with Gasteiger partial charge in [0.15, 0.2) is 0 Å². The Morgan fingerprint density at radius 1 is 0.700 bits per heavy atom. The molecular weight excluding hydrogens is 516 g/mol. The van der Waals surface area contributed by atoms with Crippen LogP contribution in [0.1, 0.15) is 28.2 Å². The highest BCUT2D eigenvalue weighted by Crippen LogP contribution is 2.64. The van der Waals surface area contributed by atoms with E-state index >= 15 is 0 Å². The van der Waals surface area contributed by atoms with Gasteiger partial charge in [0.25, 0.3) is 0 Å². The van der Waals surface area contributed by atoms with Gasteiger partial charge in [-0.1, -0.05) is 109 Å². The van der Waals surface area contributed by atoms with Crippen molar-refractivity contribution in [2.45, 2.75) is 11.3 Å². The highest BCUT2D eigenvalue weighted by atomic mass is 35.5. The topological polar surface area (TPSA) is 49.7 Å². The first-order valence-corrected chi connectivity index (χ1v) is 13.8. The Kier molecular flexibility index (Phi) is 4.95. The van der Waals surface area contributed by atoms with Crippen LogP contribution in [0, 0.1) is 11.8 Å². The smallest absolute Gasteiger partial charge is 0.239 e. The number of aliphatic imine (C=N–C) groups is 1. The molecule has 1 aliphatic heterocycles. The lowest BCUT2D eigenvalue weighted by molar-refractivity contribution is -0.122. The molecule has 0 saturated carbocycles. The van der Waals surface area contributed by atoms with Gasteiger partial charge in [-0.3, -0.25) is 14.6 Å². The fourth-order valence-electron chi connectivity index (χ4n) is 7.42. The zero-order valence-corrected chi connectivity index (χ0v) is 22.1. The Morgan fingerprint density at radius 2 is 1.32 bits per heavy atom. The average Bonchev–Trinajstić information content (AvgIpc) is 3.27. The van der Waals surface area contributed by atoms with E-state index in [1.54, 1.807) is 6.07 Å². The number of hydrogen-bond acceptors (Lipinski definition) is 3. The van der Waals surface area contributed by atoms with E-state index in [1.165, 1.54) is 4.90 Å². The van der Waals surface area contributed by atoms with E-state index in [-0.39, 0.29) is 17.7 Å². The molecule has 40 heavy (non-hydrogen) atoms. The fourth-order valence-corrected chi connectivity index (χ4v) is 7.60. The molecule has 192 valence electrons. The third-order valence-corrected chi connectivity index (χ3v) is 9.27. The van der Waals surface area contributed by atoms with E-state index in [0.29, 0.717) is 16.4 Å². The largest absolute Gasteiger partial charge is 0.274 e. The Balaban J connectivity index is 1.41. The Morgan fingerprint density at radius 3 is 2.08 bits per heavy atom. The van der Waals surface area contributed by atoms with Crippen molar-refractivity contribution in [3.63, 3.8) is 0 Å². The summed E-state index contributed by atoms with van der Waals surface area (Å²) in [6.45, 7) is 0. The van der Waals surface area contributed by atoms with Gasteiger partial charge in [-0.05, 0) is 45.8 Å². The summed E-state index contributed by atoms with van der Waals surface area (Å²) >= 11 is 6.52. The van der Waals surface area contributed by atoms with Crippen molar-refractivity contribution in [1.29, 1.82) is 0 Å². The molecule has 2 atom stereocenters. The lowest BCUT2D eigenvalue weighted by Crippen LogP contribution is -2.54. The summed E-state index contributed by atoms with van der Waals surface area (Å²) in [7, 11) is 0. The van der Waals surface area contributed by atoms with E-state index in [0.717, 1.165) is 33.0 Å². The first kappa shape index (κ1) is 23.4. The number of fused-ring (bicyclic) bond motifs is 1. The summed E-state index contributed by atoms with van der Waals surface area (Å²) in [5.41, 5.74) is 4.53. The van der Waals surface area contributed by atoms with Crippen molar-refractivity contribution in [3.8, 4) is 0 Å². The van der Waals surface area contributed by atoms with Crippen molar-refractivity contribution in [2.24, 2.45) is 16.8 Å². The number of halogens is 1. The third-order valence-electron chi connectivity index (χ3n) is 8.95. The third kappa shape index (κ3) is 2.94. The number of carbonyl (C=O) groups excluding carboxylic acids is 2. The van der Waals surface area contributed by atoms with Gasteiger partial charge in [-0.25, -0.2) is 4.90 Å².